The van der Waals surface area contributed by atoms with Gasteiger partial charge in [-0.25, -0.2) is 0 Å². The summed E-state index contributed by atoms with van der Waals surface area (Å²) in [5, 5.41) is 12.9. The Labute approximate surface area is 291 Å². The first-order valence-electron chi connectivity index (χ1n) is 17.3. The van der Waals surface area contributed by atoms with Crippen molar-refractivity contribution < 1.29 is 0 Å². The normalized spacial score (nSPS) is 11.6. The van der Waals surface area contributed by atoms with E-state index in [1.54, 1.807) is 0 Å². The average Bonchev–Trinajstić information content (AvgIpc) is 3.20. The van der Waals surface area contributed by atoms with Gasteiger partial charge in [-0.3, -0.25) is 0 Å². The lowest BCUT2D eigenvalue weighted by atomic mass is 9.91. The Bertz CT molecular complexity index is 2860. The van der Waals surface area contributed by atoms with Gasteiger partial charge in [0.05, 0.1) is 0 Å². The van der Waals surface area contributed by atoms with Gasteiger partial charge in [-0.2, -0.15) is 0 Å². The molecule has 0 spiro atoms. The monoisotopic (exact) mass is 632 g/mol. The van der Waals surface area contributed by atoms with E-state index in [4.69, 9.17) is 0 Å². The fourth-order valence-corrected chi connectivity index (χ4v) is 7.77. The molecule has 0 heterocycles. The first kappa shape index (κ1) is 28.5. The van der Waals surface area contributed by atoms with E-state index in [9.17, 15) is 0 Å². The Morgan fingerprint density at radius 2 is 0.440 bits per heavy atom. The molecule has 0 saturated heterocycles. The maximum absolute atomic E-state index is 2.36. The molecule has 0 radical (unpaired) electrons. The van der Waals surface area contributed by atoms with Crippen molar-refractivity contribution in [1.82, 2.24) is 0 Å². The molecule has 0 aromatic heterocycles. The largest absolute Gasteiger partial charge is 0.0616 e. The highest BCUT2D eigenvalue weighted by Crippen LogP contribution is 2.38. The minimum Gasteiger partial charge on any atom is -0.0616 e. The van der Waals surface area contributed by atoms with Crippen LogP contribution >= 0.6 is 0 Å². The van der Waals surface area contributed by atoms with Gasteiger partial charge in [-0.1, -0.05) is 170 Å². The van der Waals surface area contributed by atoms with E-state index in [0.717, 1.165) is 0 Å². The molecule has 0 heteroatoms. The van der Waals surface area contributed by atoms with Gasteiger partial charge >= 0.3 is 0 Å². The zero-order valence-electron chi connectivity index (χ0n) is 27.5. The predicted molar refractivity (Wildman–Crippen MR) is 216 cm³/mol. The molecule has 10 aromatic rings. The van der Waals surface area contributed by atoms with Crippen LogP contribution in [0.1, 0.15) is 0 Å². The molecule has 0 aliphatic rings. The Morgan fingerprint density at radius 3 is 0.900 bits per heavy atom. The highest BCUT2D eigenvalue weighted by Gasteiger charge is 2.10. The van der Waals surface area contributed by atoms with E-state index in [1.165, 1.54) is 98.4 Å². The number of benzene rings is 10. The van der Waals surface area contributed by atoms with Crippen molar-refractivity contribution in [3.8, 4) is 44.5 Å². The fraction of sp³-hybridized carbons (Fsp3) is 0. The molecule has 0 amide bonds. The molecular weight excluding hydrogens is 601 g/mol. The first-order valence-corrected chi connectivity index (χ1v) is 17.3. The van der Waals surface area contributed by atoms with Gasteiger partial charge in [0.15, 0.2) is 0 Å². The van der Waals surface area contributed by atoms with Crippen LogP contribution in [0.25, 0.3) is 98.4 Å². The minimum absolute atomic E-state index is 1.22. The van der Waals surface area contributed by atoms with Gasteiger partial charge in [-0.15, -0.1) is 0 Å². The van der Waals surface area contributed by atoms with E-state index >= 15 is 0 Å². The second kappa shape index (κ2) is 11.6. The van der Waals surface area contributed by atoms with Crippen molar-refractivity contribution in [3.63, 3.8) is 0 Å². The highest BCUT2D eigenvalue weighted by molar-refractivity contribution is 6.25. The fourth-order valence-electron chi connectivity index (χ4n) is 7.77. The molecule has 0 N–H and O–H groups in total. The Kier molecular flexibility index (Phi) is 6.60. The summed E-state index contributed by atoms with van der Waals surface area (Å²) in [6, 6.07) is 71.3. The van der Waals surface area contributed by atoms with E-state index < -0.39 is 0 Å². The third-order valence-electron chi connectivity index (χ3n) is 10.4. The third-order valence-corrected chi connectivity index (χ3v) is 10.4. The number of fused-ring (bicyclic) bond motifs is 8. The van der Waals surface area contributed by atoms with Gasteiger partial charge < -0.3 is 0 Å². The molecule has 0 atom stereocenters. The van der Waals surface area contributed by atoms with Crippen molar-refractivity contribution in [3.05, 3.63) is 194 Å². The Morgan fingerprint density at radius 1 is 0.160 bits per heavy atom. The molecule has 50 heavy (non-hydrogen) atoms. The molecular formula is C50H32. The van der Waals surface area contributed by atoms with Gasteiger partial charge in [0, 0.05) is 0 Å². The molecule has 10 rings (SSSR count). The maximum Gasteiger partial charge on any atom is -0.00928 e. The minimum atomic E-state index is 1.22. The van der Waals surface area contributed by atoms with Crippen LogP contribution in [0.2, 0.25) is 0 Å². The topological polar surface area (TPSA) is 0 Å². The SMILES string of the molecule is c1ccc2cc(-c3ccc(-c4ccc5cc(-c6ccc(-c7ccc8c9ccccc9c9ccccc9c8c7)cc6)ccc5c4)cc3)ccc2c1. The molecule has 0 fully saturated rings. The molecule has 0 aliphatic heterocycles. The summed E-state index contributed by atoms with van der Waals surface area (Å²) in [6.07, 6.45) is 0. The standard InChI is InChI=1S/C50H32/c1-2-8-38-29-39(22-21-33(38)7-1)34-13-15-35(16-14-34)40-23-25-43-31-41(24-26-42(43)30-40)36-17-19-37(20-18-36)44-27-28-49-47-11-4-3-9-45(47)46-10-5-6-12-48(46)50(49)32-44/h1-32H. The zero-order chi connectivity index (χ0) is 33.0. The second-order valence-corrected chi connectivity index (χ2v) is 13.3. The lowest BCUT2D eigenvalue weighted by Gasteiger charge is -2.12. The van der Waals surface area contributed by atoms with E-state index in [-0.39, 0.29) is 0 Å². The summed E-state index contributed by atoms with van der Waals surface area (Å²) in [5.74, 6) is 0. The van der Waals surface area contributed by atoms with Crippen LogP contribution in [0, 0.1) is 0 Å². The van der Waals surface area contributed by atoms with E-state index in [2.05, 4.69) is 194 Å². The van der Waals surface area contributed by atoms with Crippen LogP contribution in [-0.2, 0) is 0 Å². The highest BCUT2D eigenvalue weighted by atomic mass is 14.1. The first-order chi connectivity index (χ1) is 24.7. The third kappa shape index (κ3) is 4.85. The second-order valence-electron chi connectivity index (χ2n) is 13.3. The predicted octanol–water partition coefficient (Wildman–Crippen LogP) is 14.1. The van der Waals surface area contributed by atoms with Crippen molar-refractivity contribution >= 4 is 53.9 Å². The van der Waals surface area contributed by atoms with Crippen LogP contribution < -0.4 is 0 Å². The maximum atomic E-state index is 2.36. The zero-order valence-corrected chi connectivity index (χ0v) is 27.5. The van der Waals surface area contributed by atoms with E-state index in [0.29, 0.717) is 0 Å². The lowest BCUT2D eigenvalue weighted by Crippen LogP contribution is -1.85. The number of hydrogen-bond donors (Lipinski definition) is 0. The summed E-state index contributed by atoms with van der Waals surface area (Å²) in [6.45, 7) is 0. The molecule has 0 nitrogen and oxygen atoms in total. The van der Waals surface area contributed by atoms with Crippen LogP contribution in [-0.4, -0.2) is 0 Å². The molecule has 0 unspecified atom stereocenters. The van der Waals surface area contributed by atoms with Gasteiger partial charge in [0.1, 0.15) is 0 Å². The van der Waals surface area contributed by atoms with Crippen LogP contribution in [0.5, 0.6) is 0 Å². The van der Waals surface area contributed by atoms with Crippen LogP contribution in [0.15, 0.2) is 194 Å². The van der Waals surface area contributed by atoms with Crippen molar-refractivity contribution in [2.24, 2.45) is 0 Å². The van der Waals surface area contributed by atoms with Gasteiger partial charge in [-0.05, 0) is 123 Å². The molecule has 0 saturated carbocycles. The van der Waals surface area contributed by atoms with Gasteiger partial charge in [0.25, 0.3) is 0 Å². The molecule has 0 aliphatic carbocycles. The summed E-state index contributed by atoms with van der Waals surface area (Å²) in [4.78, 5) is 0. The summed E-state index contributed by atoms with van der Waals surface area (Å²) in [5.41, 5.74) is 9.86. The van der Waals surface area contributed by atoms with Crippen molar-refractivity contribution in [2.75, 3.05) is 0 Å². The smallest absolute Gasteiger partial charge is 0.00928 e. The summed E-state index contributed by atoms with van der Waals surface area (Å²) < 4.78 is 0. The Hall–Kier alpha value is -6.50. The number of hydrogen-bond acceptors (Lipinski definition) is 0. The van der Waals surface area contributed by atoms with E-state index in [1.807, 2.05) is 0 Å². The quantitative estimate of drug-likeness (QED) is 0.169. The van der Waals surface area contributed by atoms with Crippen molar-refractivity contribution in [1.29, 1.82) is 0 Å². The molecule has 0 bridgehead atoms. The average molecular weight is 633 g/mol. The van der Waals surface area contributed by atoms with Crippen LogP contribution in [0.3, 0.4) is 0 Å². The van der Waals surface area contributed by atoms with Crippen LogP contribution in [0.4, 0.5) is 0 Å². The molecule has 232 valence electrons. The summed E-state index contributed by atoms with van der Waals surface area (Å²) in [7, 11) is 0. The van der Waals surface area contributed by atoms with Gasteiger partial charge in [0.2, 0.25) is 0 Å². The lowest BCUT2D eigenvalue weighted by molar-refractivity contribution is 1.60. The van der Waals surface area contributed by atoms with Crippen molar-refractivity contribution in [2.45, 2.75) is 0 Å². The Balaban J connectivity index is 0.929. The summed E-state index contributed by atoms with van der Waals surface area (Å²) >= 11 is 0. The number of rotatable bonds is 4. The molecule has 10 aromatic carbocycles.